The second-order valence-electron chi connectivity index (χ2n) is 7.23. The number of carbonyl (C=O) groups is 1. The van der Waals surface area contributed by atoms with Gasteiger partial charge in [0.1, 0.15) is 6.04 Å². The molecule has 1 aromatic heterocycles. The molecule has 7 heteroatoms. The van der Waals surface area contributed by atoms with Gasteiger partial charge in [0, 0.05) is 12.0 Å². The Kier molecular flexibility index (Phi) is 5.05. The van der Waals surface area contributed by atoms with Crippen LogP contribution in [-0.4, -0.2) is 27.2 Å². The van der Waals surface area contributed by atoms with Gasteiger partial charge < -0.3 is 10.4 Å². The molecule has 26 heavy (non-hydrogen) atoms. The molecule has 1 aliphatic rings. The van der Waals surface area contributed by atoms with Gasteiger partial charge in [-0.3, -0.25) is 9.36 Å². The average molecular weight is 376 g/mol. The Bertz CT molecular complexity index is 878. The quantitative estimate of drug-likeness (QED) is 0.757. The first-order valence-electron chi connectivity index (χ1n) is 8.64. The van der Waals surface area contributed by atoms with Gasteiger partial charge in [0.05, 0.1) is 5.69 Å². The van der Waals surface area contributed by atoms with Gasteiger partial charge in [-0.25, -0.2) is 9.78 Å². The van der Waals surface area contributed by atoms with Gasteiger partial charge in [0.25, 0.3) is 5.56 Å². The number of halogens is 1. The van der Waals surface area contributed by atoms with Crippen molar-refractivity contribution in [2.24, 2.45) is 0 Å². The molecule has 1 atom stereocenters. The maximum absolute atomic E-state index is 12.8. The molecule has 0 amide bonds. The van der Waals surface area contributed by atoms with E-state index in [1.807, 2.05) is 32.0 Å². The van der Waals surface area contributed by atoms with E-state index in [-0.39, 0.29) is 11.0 Å². The van der Waals surface area contributed by atoms with E-state index < -0.39 is 23.0 Å². The number of aliphatic carboxylic acids is 1. The molecular weight excluding hydrogens is 354 g/mol. The Hall–Kier alpha value is -2.34. The highest BCUT2D eigenvalue weighted by molar-refractivity contribution is 6.30. The smallest absolute Gasteiger partial charge is 0.326 e. The zero-order chi connectivity index (χ0) is 18.9. The van der Waals surface area contributed by atoms with Crippen molar-refractivity contribution in [2.75, 3.05) is 11.9 Å². The lowest BCUT2D eigenvalue weighted by Crippen LogP contribution is -2.31. The number of rotatable bonds is 6. The minimum atomic E-state index is -1.03. The second kappa shape index (κ2) is 7.11. The van der Waals surface area contributed by atoms with Gasteiger partial charge in [-0.2, -0.15) is 0 Å². The third-order valence-electron chi connectivity index (χ3n) is 4.79. The van der Waals surface area contributed by atoms with E-state index in [9.17, 15) is 14.7 Å². The van der Waals surface area contributed by atoms with Crippen LogP contribution in [0.5, 0.6) is 0 Å². The molecule has 1 aromatic carbocycles. The van der Waals surface area contributed by atoms with E-state index in [1.54, 1.807) is 0 Å². The molecule has 2 aromatic rings. The summed E-state index contributed by atoms with van der Waals surface area (Å²) < 4.78 is 1.29. The van der Waals surface area contributed by atoms with Crippen LogP contribution in [0.15, 0.2) is 35.1 Å². The summed E-state index contributed by atoms with van der Waals surface area (Å²) in [6, 6.07) is 9.14. The molecule has 6 nitrogen and oxygen atoms in total. The maximum atomic E-state index is 12.8. The van der Waals surface area contributed by atoms with Crippen molar-refractivity contribution in [1.82, 2.24) is 9.55 Å². The largest absolute Gasteiger partial charge is 0.480 e. The summed E-state index contributed by atoms with van der Waals surface area (Å²) in [7, 11) is 0. The minimum Gasteiger partial charge on any atom is -0.480 e. The number of carboxylic acid groups (broad SMARTS) is 1. The van der Waals surface area contributed by atoms with Crippen molar-refractivity contribution in [3.63, 3.8) is 0 Å². The van der Waals surface area contributed by atoms with Crippen LogP contribution in [0.1, 0.15) is 44.0 Å². The third-order valence-corrected chi connectivity index (χ3v) is 5.05. The van der Waals surface area contributed by atoms with Crippen LogP contribution < -0.4 is 10.9 Å². The van der Waals surface area contributed by atoms with E-state index in [0.717, 1.165) is 12.8 Å². The Labute approximate surface area is 156 Å². The van der Waals surface area contributed by atoms with Gasteiger partial charge >= 0.3 is 5.97 Å². The third kappa shape index (κ3) is 3.46. The number of aryl methyl sites for hydroxylation is 1. The molecule has 2 N–H and O–H groups in total. The molecular formula is C19H22ClN3O3. The van der Waals surface area contributed by atoms with Crippen LogP contribution in [0.3, 0.4) is 0 Å². The first-order chi connectivity index (χ1) is 12.3. The Morgan fingerprint density at radius 3 is 2.73 bits per heavy atom. The number of hydrogen-bond donors (Lipinski definition) is 2. The minimum absolute atomic E-state index is 0.107. The normalized spacial score (nSPS) is 17.7. The van der Waals surface area contributed by atoms with Crippen LogP contribution in [0.25, 0.3) is 0 Å². The lowest BCUT2D eigenvalue weighted by Gasteiger charge is -2.19. The summed E-state index contributed by atoms with van der Waals surface area (Å²) in [4.78, 5) is 28.6. The molecule has 0 aliphatic carbocycles. The molecule has 2 heterocycles. The fourth-order valence-corrected chi connectivity index (χ4v) is 3.98. The van der Waals surface area contributed by atoms with E-state index in [2.05, 4.69) is 22.4 Å². The van der Waals surface area contributed by atoms with Crippen molar-refractivity contribution >= 4 is 23.4 Å². The van der Waals surface area contributed by atoms with E-state index in [0.29, 0.717) is 18.7 Å². The number of nitrogens with zero attached hydrogens (tertiary/aromatic N) is 2. The van der Waals surface area contributed by atoms with Crippen molar-refractivity contribution in [3.8, 4) is 0 Å². The van der Waals surface area contributed by atoms with Crippen LogP contribution in [0, 0.1) is 0 Å². The highest BCUT2D eigenvalue weighted by Crippen LogP contribution is 2.42. The van der Waals surface area contributed by atoms with Gasteiger partial charge in [-0.15, -0.1) is 0 Å². The lowest BCUT2D eigenvalue weighted by molar-refractivity contribution is -0.140. The van der Waals surface area contributed by atoms with Crippen LogP contribution in [0.2, 0.25) is 5.15 Å². The average Bonchev–Trinajstić information content (AvgIpc) is 2.89. The van der Waals surface area contributed by atoms with Crippen molar-refractivity contribution < 1.29 is 9.90 Å². The van der Waals surface area contributed by atoms with Gasteiger partial charge in [-0.1, -0.05) is 55.8 Å². The Morgan fingerprint density at radius 1 is 1.38 bits per heavy atom. The van der Waals surface area contributed by atoms with Gasteiger partial charge in [-0.05, 0) is 24.8 Å². The molecule has 0 spiro atoms. The number of hydrogen-bond acceptors (Lipinski definition) is 4. The molecule has 0 fully saturated rings. The number of fused-ring (bicyclic) bond motifs is 1. The molecule has 0 unspecified atom stereocenters. The van der Waals surface area contributed by atoms with Crippen molar-refractivity contribution in [1.29, 1.82) is 0 Å². The lowest BCUT2D eigenvalue weighted by atomic mass is 9.87. The monoisotopic (exact) mass is 375 g/mol. The summed E-state index contributed by atoms with van der Waals surface area (Å²) in [5.74, 6) is -0.924. The SMILES string of the molecule is CC1(C)C[C@@H](C(=O)O)n2c1c(Cl)nc(NCCCc1ccccc1)c2=O. The van der Waals surface area contributed by atoms with Gasteiger partial charge in [0.15, 0.2) is 11.0 Å². The van der Waals surface area contributed by atoms with Crippen LogP contribution >= 0.6 is 11.6 Å². The number of nitrogens with one attached hydrogen (secondary N) is 1. The van der Waals surface area contributed by atoms with Gasteiger partial charge in [0.2, 0.25) is 0 Å². The fraction of sp³-hybridized carbons (Fsp3) is 0.421. The number of anilines is 1. The van der Waals surface area contributed by atoms with Crippen molar-refractivity contribution in [2.45, 2.75) is 44.6 Å². The first kappa shape index (κ1) is 18.5. The topological polar surface area (TPSA) is 84.2 Å². The summed E-state index contributed by atoms with van der Waals surface area (Å²) >= 11 is 6.31. The Morgan fingerprint density at radius 2 is 2.08 bits per heavy atom. The number of carboxylic acids is 1. The molecule has 0 saturated carbocycles. The zero-order valence-electron chi connectivity index (χ0n) is 14.8. The van der Waals surface area contributed by atoms with E-state index in [4.69, 9.17) is 11.6 Å². The number of benzene rings is 1. The highest BCUT2D eigenvalue weighted by Gasteiger charge is 2.44. The molecule has 0 bridgehead atoms. The molecule has 0 radical (unpaired) electrons. The fourth-order valence-electron chi connectivity index (χ4n) is 3.54. The molecule has 138 valence electrons. The molecule has 3 rings (SSSR count). The molecule has 0 saturated heterocycles. The Balaban J connectivity index is 1.80. The van der Waals surface area contributed by atoms with Crippen LogP contribution in [-0.2, 0) is 16.6 Å². The van der Waals surface area contributed by atoms with Crippen LogP contribution in [0.4, 0.5) is 5.82 Å². The number of aromatic nitrogens is 2. The van der Waals surface area contributed by atoms with E-state index >= 15 is 0 Å². The maximum Gasteiger partial charge on any atom is 0.326 e. The summed E-state index contributed by atoms with van der Waals surface area (Å²) in [5, 5.41) is 12.7. The predicted molar refractivity (Wildman–Crippen MR) is 101 cm³/mol. The highest BCUT2D eigenvalue weighted by atomic mass is 35.5. The second-order valence-corrected chi connectivity index (χ2v) is 7.59. The summed E-state index contributed by atoms with van der Waals surface area (Å²) in [6.07, 6.45) is 2.01. The zero-order valence-corrected chi connectivity index (χ0v) is 15.6. The van der Waals surface area contributed by atoms with E-state index in [1.165, 1.54) is 10.1 Å². The first-order valence-corrected chi connectivity index (χ1v) is 9.02. The van der Waals surface area contributed by atoms with Crippen molar-refractivity contribution in [3.05, 3.63) is 57.1 Å². The standard InChI is InChI=1S/C19H22ClN3O3/c1-19(2)11-13(18(25)26)23-14(19)15(20)22-16(17(23)24)21-10-6-9-12-7-4-3-5-8-12/h3-5,7-8,13H,6,9-11H2,1-2H3,(H,21,22)(H,25,26)/t13-/m0/s1. The summed E-state index contributed by atoms with van der Waals surface area (Å²) in [5.41, 5.74) is 0.769. The predicted octanol–water partition coefficient (Wildman–Crippen LogP) is 3.25. The summed E-state index contributed by atoms with van der Waals surface area (Å²) in [6.45, 7) is 4.30. The molecule has 1 aliphatic heterocycles.